The van der Waals surface area contributed by atoms with Crippen LogP contribution in [0.3, 0.4) is 0 Å². The number of hydrogen-bond acceptors (Lipinski definition) is 8. The second-order valence-electron chi connectivity index (χ2n) is 8.68. The number of benzene rings is 3. The number of fused-ring (bicyclic) bond motifs is 1. The second-order valence-corrected chi connectivity index (χ2v) is 10.1. The lowest BCUT2D eigenvalue weighted by molar-refractivity contribution is 0.0945. The molecule has 0 aliphatic heterocycles. The summed E-state index contributed by atoms with van der Waals surface area (Å²) >= 11 is 0. The van der Waals surface area contributed by atoms with E-state index in [2.05, 4.69) is 25.5 Å². The Balaban J connectivity index is 1.41. The molecule has 1 atom stereocenters. The maximum absolute atomic E-state index is 12.7. The third-order valence-corrected chi connectivity index (χ3v) is 7.09. The minimum absolute atomic E-state index is 0.0446. The molecule has 1 unspecified atom stereocenters. The molecule has 4 aromatic rings. The average molecular weight is 539 g/mol. The van der Waals surface area contributed by atoms with Crippen molar-refractivity contribution < 1.29 is 17.8 Å². The monoisotopic (exact) mass is 538 g/mol. The van der Waals surface area contributed by atoms with Gasteiger partial charge in [0.15, 0.2) is 5.78 Å². The Morgan fingerprint density at radius 3 is 2.36 bits per heavy atom. The number of aromatic nitrogens is 1. The summed E-state index contributed by atoms with van der Waals surface area (Å²) in [5, 5.41) is 16.2. The van der Waals surface area contributed by atoms with Gasteiger partial charge in [-0.1, -0.05) is 78.1 Å². The molecule has 1 aromatic heterocycles. The van der Waals surface area contributed by atoms with Crippen LogP contribution in [0.4, 0.5) is 17.1 Å². The number of rotatable bonds is 7. The smallest absolute Gasteiger partial charge is 0.295 e. The van der Waals surface area contributed by atoms with Crippen LogP contribution in [0.15, 0.2) is 123 Å². The molecular weight excluding hydrogens is 516 g/mol. The molecule has 0 spiro atoms. The highest BCUT2D eigenvalue weighted by atomic mass is 32.2. The number of Topliss-reactive ketones (excluding diaryl/α,β-unsaturated/α-hetero) is 1. The van der Waals surface area contributed by atoms with Crippen molar-refractivity contribution in [3.63, 3.8) is 0 Å². The van der Waals surface area contributed by atoms with E-state index in [-0.39, 0.29) is 33.4 Å². The minimum atomic E-state index is -4.56. The van der Waals surface area contributed by atoms with Gasteiger partial charge in [0, 0.05) is 27.8 Å². The van der Waals surface area contributed by atoms with Gasteiger partial charge in [-0.3, -0.25) is 14.3 Å². The maximum atomic E-state index is 12.7. The standard InChI is InChI=1S/C28H22N6O4S/c29-34-33-27-23-9-5-4-8-22(23)26(39(36,37)38)16-25(27)32-31-21-14-15-24(30-17-21)18-10-12-20(13-11-18)28(35)19-6-2-1-3-7-19/h1-6,8-17,19H,7H2,(H2,29,33)(H,36,37,38)/b32-31+. The Labute approximate surface area is 224 Å². The van der Waals surface area contributed by atoms with Crippen LogP contribution in [0.5, 0.6) is 0 Å². The summed E-state index contributed by atoms with van der Waals surface area (Å²) in [4.78, 5) is 16.8. The molecule has 0 radical (unpaired) electrons. The van der Waals surface area contributed by atoms with Crippen molar-refractivity contribution >= 4 is 43.7 Å². The number of hydrogen-bond donors (Lipinski definition) is 2. The summed E-state index contributed by atoms with van der Waals surface area (Å²) in [6.07, 6.45) is 9.92. The Morgan fingerprint density at radius 2 is 1.72 bits per heavy atom. The van der Waals surface area contributed by atoms with Gasteiger partial charge in [0.2, 0.25) is 0 Å². The van der Waals surface area contributed by atoms with Crippen LogP contribution in [0.1, 0.15) is 16.8 Å². The molecule has 3 N–H and O–H groups in total. The summed E-state index contributed by atoms with van der Waals surface area (Å²) in [6, 6.07) is 18.3. The molecule has 194 valence electrons. The van der Waals surface area contributed by atoms with Crippen LogP contribution < -0.4 is 5.84 Å². The molecule has 0 saturated carbocycles. The van der Waals surface area contributed by atoms with Gasteiger partial charge in [-0.15, -0.1) is 15.3 Å². The molecule has 1 aliphatic rings. The van der Waals surface area contributed by atoms with Gasteiger partial charge < -0.3 is 5.84 Å². The topological polar surface area (TPSA) is 160 Å². The van der Waals surface area contributed by atoms with Crippen LogP contribution in [0.25, 0.3) is 22.0 Å². The first-order valence-corrected chi connectivity index (χ1v) is 13.3. The summed E-state index contributed by atoms with van der Waals surface area (Å²) in [6.45, 7) is 0. The highest BCUT2D eigenvalue weighted by Crippen LogP contribution is 2.40. The highest BCUT2D eigenvalue weighted by molar-refractivity contribution is 7.86. The maximum Gasteiger partial charge on any atom is 0.295 e. The van der Waals surface area contributed by atoms with Crippen molar-refractivity contribution in [3.8, 4) is 11.3 Å². The van der Waals surface area contributed by atoms with Gasteiger partial charge in [0.1, 0.15) is 22.0 Å². The van der Waals surface area contributed by atoms with Gasteiger partial charge in [-0.05, 0) is 24.6 Å². The van der Waals surface area contributed by atoms with Crippen LogP contribution in [-0.2, 0) is 10.1 Å². The molecule has 39 heavy (non-hydrogen) atoms. The van der Waals surface area contributed by atoms with E-state index in [1.807, 2.05) is 36.4 Å². The number of ketones is 1. The van der Waals surface area contributed by atoms with E-state index in [1.54, 1.807) is 42.5 Å². The van der Waals surface area contributed by atoms with E-state index in [0.29, 0.717) is 28.8 Å². The first-order valence-electron chi connectivity index (χ1n) is 11.8. The Bertz CT molecular complexity index is 1780. The van der Waals surface area contributed by atoms with Crippen molar-refractivity contribution in [2.24, 2.45) is 32.3 Å². The molecule has 0 bridgehead atoms. The van der Waals surface area contributed by atoms with Crippen LogP contribution in [0.2, 0.25) is 0 Å². The second kappa shape index (κ2) is 10.9. The SMILES string of the molecule is NN=Nc1c(/N=N/c2ccc(-c3ccc(C(=O)C4C=CC=CC4)cc3)nc2)cc(S(=O)(=O)O)c2ccccc12. The van der Waals surface area contributed by atoms with E-state index in [9.17, 15) is 17.8 Å². The molecule has 0 amide bonds. The average Bonchev–Trinajstić information content (AvgIpc) is 2.96. The lowest BCUT2D eigenvalue weighted by atomic mass is 9.91. The number of carbonyl (C=O) groups is 1. The fraction of sp³-hybridized carbons (Fsp3) is 0.0714. The van der Waals surface area contributed by atoms with Gasteiger partial charge >= 0.3 is 0 Å². The number of carbonyl (C=O) groups excluding carboxylic acids is 1. The van der Waals surface area contributed by atoms with E-state index >= 15 is 0 Å². The zero-order chi connectivity index (χ0) is 27.4. The number of nitrogens with zero attached hydrogens (tertiary/aromatic N) is 5. The highest BCUT2D eigenvalue weighted by Gasteiger charge is 2.20. The molecule has 1 heterocycles. The lowest BCUT2D eigenvalue weighted by Crippen LogP contribution is -2.12. The first kappa shape index (κ1) is 25.8. The van der Waals surface area contributed by atoms with Gasteiger partial charge in [-0.2, -0.15) is 8.42 Å². The summed E-state index contributed by atoms with van der Waals surface area (Å²) in [7, 11) is -4.56. The van der Waals surface area contributed by atoms with Crippen molar-refractivity contribution in [2.45, 2.75) is 11.3 Å². The molecule has 10 nitrogen and oxygen atoms in total. The Morgan fingerprint density at radius 1 is 0.949 bits per heavy atom. The number of nitrogens with two attached hydrogens (primary N) is 1. The Hall–Kier alpha value is -4.87. The van der Waals surface area contributed by atoms with Crippen molar-refractivity contribution in [1.82, 2.24) is 4.98 Å². The molecule has 0 fully saturated rings. The molecule has 3 aromatic carbocycles. The fourth-order valence-corrected chi connectivity index (χ4v) is 5.00. The molecule has 1 aliphatic carbocycles. The predicted octanol–water partition coefficient (Wildman–Crippen LogP) is 6.84. The number of azo groups is 1. The van der Waals surface area contributed by atoms with Crippen molar-refractivity contribution in [3.05, 3.63) is 103 Å². The van der Waals surface area contributed by atoms with Gasteiger partial charge in [-0.25, -0.2) is 0 Å². The predicted molar refractivity (Wildman–Crippen MR) is 147 cm³/mol. The van der Waals surface area contributed by atoms with Crippen LogP contribution >= 0.6 is 0 Å². The molecule has 5 rings (SSSR count). The van der Waals surface area contributed by atoms with E-state index in [1.165, 1.54) is 12.3 Å². The number of pyridine rings is 1. The number of allylic oxidation sites excluding steroid dienone is 4. The zero-order valence-electron chi connectivity index (χ0n) is 20.4. The summed E-state index contributed by atoms with van der Waals surface area (Å²) in [5.74, 6) is 5.20. The van der Waals surface area contributed by atoms with Crippen LogP contribution in [-0.4, -0.2) is 23.7 Å². The third-order valence-electron chi connectivity index (χ3n) is 6.20. The normalized spacial score (nSPS) is 15.5. The molecule has 0 saturated heterocycles. The van der Waals surface area contributed by atoms with Crippen LogP contribution in [0, 0.1) is 5.92 Å². The minimum Gasteiger partial charge on any atom is -0.305 e. The van der Waals surface area contributed by atoms with E-state index in [0.717, 1.165) is 11.6 Å². The van der Waals surface area contributed by atoms with Crippen molar-refractivity contribution in [2.75, 3.05) is 0 Å². The summed E-state index contributed by atoms with van der Waals surface area (Å²) < 4.78 is 33.8. The Kier molecular flexibility index (Phi) is 7.17. The largest absolute Gasteiger partial charge is 0.305 e. The molecular formula is C28H22N6O4S. The zero-order valence-corrected chi connectivity index (χ0v) is 21.2. The quantitative estimate of drug-likeness (QED) is 0.0861. The third kappa shape index (κ3) is 5.54. The van der Waals surface area contributed by atoms with E-state index in [4.69, 9.17) is 5.84 Å². The fourth-order valence-electron chi connectivity index (χ4n) is 4.29. The van der Waals surface area contributed by atoms with Gasteiger partial charge in [0.05, 0.1) is 11.9 Å². The molecule has 11 heteroatoms. The van der Waals surface area contributed by atoms with Gasteiger partial charge in [0.25, 0.3) is 10.1 Å². The summed E-state index contributed by atoms with van der Waals surface area (Å²) in [5.41, 5.74) is 2.77. The lowest BCUT2D eigenvalue weighted by Gasteiger charge is -2.12. The van der Waals surface area contributed by atoms with E-state index < -0.39 is 10.1 Å². The van der Waals surface area contributed by atoms with Crippen molar-refractivity contribution in [1.29, 1.82) is 0 Å². The first-order chi connectivity index (χ1) is 18.8.